The second-order valence-corrected chi connectivity index (χ2v) is 9.26. The predicted molar refractivity (Wildman–Crippen MR) is 125 cm³/mol. The van der Waals surface area contributed by atoms with Gasteiger partial charge in [-0.3, -0.25) is 0 Å². The van der Waals surface area contributed by atoms with Crippen LogP contribution in [-0.4, -0.2) is 22.9 Å². The zero-order chi connectivity index (χ0) is 21.8. The zero-order valence-corrected chi connectivity index (χ0v) is 18.3. The van der Waals surface area contributed by atoms with E-state index in [1.807, 2.05) is 12.1 Å². The summed E-state index contributed by atoms with van der Waals surface area (Å²) in [4.78, 5) is 0. The molecule has 4 aromatic rings. The summed E-state index contributed by atoms with van der Waals surface area (Å²) in [6.07, 6.45) is 0.590. The SMILES string of the molecule is CC1(C)OB(Cc2cc(C#N)cc(-n3c4ccccc4c4ccccc43)c2)OC1(C)C. The minimum atomic E-state index is -0.375. The summed E-state index contributed by atoms with van der Waals surface area (Å²) in [5, 5.41) is 12.1. The van der Waals surface area contributed by atoms with Gasteiger partial charge in [-0.05, 0) is 63.6 Å². The van der Waals surface area contributed by atoms with Gasteiger partial charge >= 0.3 is 7.12 Å². The fourth-order valence-electron chi connectivity index (χ4n) is 4.43. The van der Waals surface area contributed by atoms with Crippen LogP contribution in [0.3, 0.4) is 0 Å². The van der Waals surface area contributed by atoms with Crippen LogP contribution < -0.4 is 0 Å². The van der Waals surface area contributed by atoms with Gasteiger partial charge in [0.1, 0.15) is 0 Å². The molecular weight excluding hydrogens is 383 g/mol. The van der Waals surface area contributed by atoms with Crippen molar-refractivity contribution in [1.29, 1.82) is 5.26 Å². The van der Waals surface area contributed by atoms with Crippen LogP contribution in [0.4, 0.5) is 0 Å². The second-order valence-electron chi connectivity index (χ2n) is 9.26. The van der Waals surface area contributed by atoms with Crippen LogP contribution in [0.25, 0.3) is 27.5 Å². The summed E-state index contributed by atoms with van der Waals surface area (Å²) >= 11 is 0. The molecule has 154 valence electrons. The van der Waals surface area contributed by atoms with Crippen molar-refractivity contribution < 1.29 is 9.31 Å². The van der Waals surface area contributed by atoms with Crippen LogP contribution in [0.15, 0.2) is 66.7 Å². The number of nitriles is 1. The van der Waals surface area contributed by atoms with Crippen molar-refractivity contribution in [2.45, 2.75) is 45.2 Å². The van der Waals surface area contributed by atoms with Crippen molar-refractivity contribution in [2.75, 3.05) is 0 Å². The first kappa shape index (κ1) is 19.9. The molecule has 0 unspecified atom stereocenters. The topological polar surface area (TPSA) is 47.2 Å². The number of fused-ring (bicyclic) bond motifs is 3. The van der Waals surface area contributed by atoms with Crippen molar-refractivity contribution in [3.63, 3.8) is 0 Å². The molecular formula is C26H25BN2O2. The molecule has 0 spiro atoms. The van der Waals surface area contributed by atoms with Crippen molar-refractivity contribution in [3.05, 3.63) is 77.9 Å². The van der Waals surface area contributed by atoms with E-state index in [4.69, 9.17) is 9.31 Å². The predicted octanol–water partition coefficient (Wildman–Crippen LogP) is 5.83. The van der Waals surface area contributed by atoms with Crippen molar-refractivity contribution in [1.82, 2.24) is 4.57 Å². The highest BCUT2D eigenvalue weighted by molar-refractivity contribution is 6.45. The molecule has 1 aliphatic rings. The van der Waals surface area contributed by atoms with E-state index >= 15 is 0 Å². The first-order valence-corrected chi connectivity index (χ1v) is 10.7. The van der Waals surface area contributed by atoms with Crippen LogP contribution >= 0.6 is 0 Å². The summed E-state index contributed by atoms with van der Waals surface area (Å²) < 4.78 is 14.6. The lowest BCUT2D eigenvalue weighted by Crippen LogP contribution is -2.41. The third-order valence-corrected chi connectivity index (χ3v) is 6.65. The van der Waals surface area contributed by atoms with Gasteiger partial charge in [0, 0.05) is 22.8 Å². The summed E-state index contributed by atoms with van der Waals surface area (Å²) in [6.45, 7) is 8.23. The first-order chi connectivity index (χ1) is 14.8. The normalized spacial score (nSPS) is 17.3. The molecule has 31 heavy (non-hydrogen) atoms. The van der Waals surface area contributed by atoms with Crippen LogP contribution in [-0.2, 0) is 15.6 Å². The number of aromatic nitrogens is 1. The largest absolute Gasteiger partial charge is 0.462 e. The van der Waals surface area contributed by atoms with E-state index in [0.29, 0.717) is 11.9 Å². The first-order valence-electron chi connectivity index (χ1n) is 10.7. The number of hydrogen-bond donors (Lipinski definition) is 0. The number of rotatable bonds is 3. The lowest BCUT2D eigenvalue weighted by molar-refractivity contribution is 0.00578. The molecule has 0 atom stereocenters. The van der Waals surface area contributed by atoms with Gasteiger partial charge in [-0.1, -0.05) is 36.4 Å². The molecule has 0 N–H and O–H groups in total. The fraction of sp³-hybridized carbons (Fsp3) is 0.269. The minimum absolute atomic E-state index is 0.343. The molecule has 5 heteroatoms. The van der Waals surface area contributed by atoms with Crippen LogP contribution in [0, 0.1) is 11.3 Å². The van der Waals surface area contributed by atoms with Gasteiger partial charge in [0.05, 0.1) is 33.9 Å². The van der Waals surface area contributed by atoms with Crippen molar-refractivity contribution >= 4 is 28.9 Å². The summed E-state index contributed by atoms with van der Waals surface area (Å²) in [6, 6.07) is 25.1. The van der Waals surface area contributed by atoms with E-state index in [-0.39, 0.29) is 18.3 Å². The third kappa shape index (κ3) is 3.24. The molecule has 0 saturated carbocycles. The Balaban J connectivity index is 1.63. The Bertz CT molecular complexity index is 1280. The second kappa shape index (κ2) is 6.98. The Kier molecular flexibility index (Phi) is 4.48. The molecule has 0 amide bonds. The minimum Gasteiger partial charge on any atom is -0.403 e. The van der Waals surface area contributed by atoms with E-state index in [1.165, 1.54) is 10.8 Å². The molecule has 0 radical (unpaired) electrons. The number of para-hydroxylation sites is 2. The Hall–Kier alpha value is -3.07. The van der Waals surface area contributed by atoms with E-state index in [1.54, 1.807) is 0 Å². The van der Waals surface area contributed by atoms with Crippen LogP contribution in [0.2, 0.25) is 0 Å². The summed E-state index contributed by atoms with van der Waals surface area (Å²) in [5.74, 6) is 0. The van der Waals surface area contributed by atoms with Crippen molar-refractivity contribution in [2.24, 2.45) is 0 Å². The highest BCUT2D eigenvalue weighted by Crippen LogP contribution is 2.38. The number of hydrogen-bond acceptors (Lipinski definition) is 3. The number of benzene rings is 3. The smallest absolute Gasteiger partial charge is 0.403 e. The molecule has 4 nitrogen and oxygen atoms in total. The maximum Gasteiger partial charge on any atom is 0.462 e. The Morgan fingerprint density at radius 1 is 0.839 bits per heavy atom. The van der Waals surface area contributed by atoms with E-state index < -0.39 is 0 Å². The van der Waals surface area contributed by atoms with Gasteiger partial charge < -0.3 is 13.9 Å². The van der Waals surface area contributed by atoms with E-state index in [0.717, 1.165) is 22.3 Å². The molecule has 5 rings (SSSR count). The monoisotopic (exact) mass is 408 g/mol. The molecule has 3 aromatic carbocycles. The van der Waals surface area contributed by atoms with Gasteiger partial charge in [-0.25, -0.2) is 0 Å². The van der Waals surface area contributed by atoms with Crippen LogP contribution in [0.1, 0.15) is 38.8 Å². The average molecular weight is 408 g/mol. The van der Waals surface area contributed by atoms with E-state index in [2.05, 4.69) is 92.9 Å². The summed E-state index contributed by atoms with van der Waals surface area (Å²) in [7, 11) is -0.343. The lowest BCUT2D eigenvalue weighted by Gasteiger charge is -2.32. The van der Waals surface area contributed by atoms with Crippen molar-refractivity contribution in [3.8, 4) is 11.8 Å². The number of nitrogens with zero attached hydrogens (tertiary/aromatic N) is 2. The Morgan fingerprint density at radius 2 is 1.39 bits per heavy atom. The molecule has 1 aliphatic heterocycles. The molecule has 0 aliphatic carbocycles. The zero-order valence-electron chi connectivity index (χ0n) is 18.3. The Labute approximate surface area is 183 Å². The third-order valence-electron chi connectivity index (χ3n) is 6.65. The quantitative estimate of drug-likeness (QED) is 0.401. The van der Waals surface area contributed by atoms with Gasteiger partial charge in [0.15, 0.2) is 0 Å². The Morgan fingerprint density at radius 3 is 1.94 bits per heavy atom. The van der Waals surface area contributed by atoms with Gasteiger partial charge in [-0.2, -0.15) is 5.26 Å². The van der Waals surface area contributed by atoms with Crippen LogP contribution in [0.5, 0.6) is 0 Å². The van der Waals surface area contributed by atoms with Gasteiger partial charge in [0.25, 0.3) is 0 Å². The lowest BCUT2D eigenvalue weighted by atomic mass is 9.80. The molecule has 1 saturated heterocycles. The highest BCUT2D eigenvalue weighted by atomic mass is 16.7. The van der Waals surface area contributed by atoms with E-state index in [9.17, 15) is 5.26 Å². The highest BCUT2D eigenvalue weighted by Gasteiger charge is 2.50. The molecule has 0 bridgehead atoms. The maximum absolute atomic E-state index is 9.72. The average Bonchev–Trinajstić information content (AvgIpc) is 3.17. The van der Waals surface area contributed by atoms with Gasteiger partial charge in [0.2, 0.25) is 0 Å². The van der Waals surface area contributed by atoms with Gasteiger partial charge in [-0.15, -0.1) is 0 Å². The maximum atomic E-state index is 9.72. The fourth-order valence-corrected chi connectivity index (χ4v) is 4.43. The molecule has 2 heterocycles. The molecule has 1 aromatic heterocycles. The summed E-state index contributed by atoms with van der Waals surface area (Å²) in [5.41, 5.74) is 4.13. The molecule has 1 fully saturated rings. The standard InChI is InChI=1S/C26H25BN2O2/c1-25(2)26(3,4)31-27(30-25)16-18-13-19(17-28)15-20(14-18)29-23-11-7-5-9-21(23)22-10-6-8-12-24(22)29/h5-15H,16H2,1-4H3.